The monoisotopic (exact) mass is 174 g/mol. The van der Waals surface area contributed by atoms with Gasteiger partial charge in [0.05, 0.1) is 0 Å². The minimum Gasteiger partial charge on any atom is -0.268 e. The fourth-order valence-electron chi connectivity index (χ4n) is 1.73. The molecule has 0 N–H and O–H groups in total. The largest absolute Gasteiger partial charge is 0.268 e. The van der Waals surface area contributed by atoms with Gasteiger partial charge in [0.15, 0.2) is 0 Å². The Kier molecular flexibility index (Phi) is 2.63. The number of hydrogen-bond donors (Lipinski definition) is 0. The van der Waals surface area contributed by atoms with Gasteiger partial charge in [0.2, 0.25) is 0 Å². The van der Waals surface area contributed by atoms with Crippen molar-refractivity contribution in [3.8, 4) is 0 Å². The number of hydrogen-bond acceptors (Lipinski definition) is 1. The summed E-state index contributed by atoms with van der Waals surface area (Å²) < 4.78 is 11.5. The first-order valence-corrected chi connectivity index (χ1v) is 6.51. The van der Waals surface area contributed by atoms with E-state index in [1.165, 1.54) is 12.8 Å². The maximum absolute atomic E-state index is 11.5. The smallest absolute Gasteiger partial charge is 0.0269 e. The lowest BCUT2D eigenvalue weighted by Crippen LogP contribution is -2.25. The van der Waals surface area contributed by atoms with Crippen LogP contribution in [0.4, 0.5) is 0 Å². The van der Waals surface area contributed by atoms with Crippen LogP contribution in [-0.2, 0) is 9.52 Å². The zero-order chi connectivity index (χ0) is 8.48. The van der Waals surface area contributed by atoms with Gasteiger partial charge >= 0.3 is 0 Å². The average molecular weight is 174 g/mol. The van der Waals surface area contributed by atoms with Crippen molar-refractivity contribution < 1.29 is 4.21 Å². The molecule has 0 saturated heterocycles. The van der Waals surface area contributed by atoms with Crippen molar-refractivity contribution in [3.05, 3.63) is 0 Å². The van der Waals surface area contributed by atoms with E-state index >= 15 is 0 Å². The van der Waals surface area contributed by atoms with Crippen molar-refractivity contribution in [2.75, 3.05) is 6.26 Å². The fraction of sp³-hybridized carbons (Fsp3) is 0.889. The molecule has 1 aliphatic rings. The first-order chi connectivity index (χ1) is 5.00. The molecule has 1 atom stereocenters. The van der Waals surface area contributed by atoms with Crippen LogP contribution in [0.25, 0.3) is 0 Å². The highest BCUT2D eigenvalue weighted by molar-refractivity contribution is 8.00. The highest BCUT2D eigenvalue weighted by Gasteiger charge is 2.21. The second kappa shape index (κ2) is 3.18. The lowest BCUT2D eigenvalue weighted by molar-refractivity contribution is 0.389. The molecule has 0 aromatic rings. The minimum atomic E-state index is -1.75. The summed E-state index contributed by atoms with van der Waals surface area (Å²) in [6, 6.07) is 0. The zero-order valence-corrected chi connectivity index (χ0v) is 8.32. The molecule has 1 fully saturated rings. The van der Waals surface area contributed by atoms with Gasteiger partial charge in [-0.1, -0.05) is 6.92 Å². The van der Waals surface area contributed by atoms with Gasteiger partial charge in [-0.05, 0) is 47.0 Å². The highest BCUT2D eigenvalue weighted by Crippen LogP contribution is 2.27. The summed E-state index contributed by atoms with van der Waals surface area (Å²) in [6.45, 7) is 2.27. The topological polar surface area (TPSA) is 17.1 Å². The van der Waals surface area contributed by atoms with Gasteiger partial charge < -0.3 is 0 Å². The third-order valence-electron chi connectivity index (χ3n) is 2.67. The lowest BCUT2D eigenvalue weighted by atomic mass is 9.91. The van der Waals surface area contributed by atoms with Crippen molar-refractivity contribution in [2.24, 2.45) is 5.92 Å². The lowest BCUT2D eigenvalue weighted by Gasteiger charge is -2.26. The third kappa shape index (κ3) is 2.51. The van der Waals surface area contributed by atoms with Crippen LogP contribution in [0.15, 0.2) is 0 Å². The summed E-state index contributed by atoms with van der Waals surface area (Å²) in [6.07, 6.45) is 6.53. The summed E-state index contributed by atoms with van der Waals surface area (Å²) in [7, 11) is -1.75. The van der Waals surface area contributed by atoms with E-state index in [-0.39, 0.29) is 0 Å². The Morgan fingerprint density at radius 1 is 1.27 bits per heavy atom. The zero-order valence-electron chi connectivity index (χ0n) is 7.51. The molecule has 0 spiro atoms. The highest BCUT2D eigenvalue weighted by atomic mass is 32.2. The predicted octanol–water partition coefficient (Wildman–Crippen LogP) is 1.91. The van der Waals surface area contributed by atoms with Gasteiger partial charge in [-0.2, -0.15) is 0 Å². The average Bonchev–Trinajstić information content (AvgIpc) is 1.86. The molecule has 1 unspecified atom stereocenters. The van der Waals surface area contributed by atoms with E-state index in [1.54, 1.807) is 6.26 Å². The Morgan fingerprint density at radius 3 is 2.09 bits per heavy atom. The molecule has 0 aliphatic heterocycles. The Labute approximate surface area is 70.2 Å². The summed E-state index contributed by atoms with van der Waals surface area (Å²) in [5, 5.41) is 0.402. The van der Waals surface area contributed by atoms with Crippen molar-refractivity contribution in [2.45, 2.75) is 37.9 Å². The van der Waals surface area contributed by atoms with E-state index in [4.69, 9.17) is 0 Å². The summed E-state index contributed by atoms with van der Waals surface area (Å²) in [4.78, 5) is 0. The van der Waals surface area contributed by atoms with Gasteiger partial charge in [-0.3, -0.25) is 4.21 Å². The molecule has 0 amide bonds. The molecule has 11 heavy (non-hydrogen) atoms. The second-order valence-electron chi connectivity index (χ2n) is 3.95. The molecule has 0 aromatic heterocycles. The predicted molar refractivity (Wildman–Crippen MR) is 52.6 cm³/mol. The standard InChI is InChI=1S/C9H18OS/c1-8-4-6-9(7-5-8)11(2,3)10/h8-9H,2,4-7H2,1,3H3. The Bertz CT molecular complexity index is 208. The first kappa shape index (κ1) is 9.11. The van der Waals surface area contributed by atoms with E-state index in [0.717, 1.165) is 18.8 Å². The molecule has 1 aliphatic carbocycles. The molecule has 0 radical (unpaired) electrons. The molecular weight excluding hydrogens is 156 g/mol. The second-order valence-corrected chi connectivity index (χ2v) is 6.76. The molecule has 0 bridgehead atoms. The van der Waals surface area contributed by atoms with Crippen LogP contribution in [0.3, 0.4) is 0 Å². The fourth-order valence-corrected chi connectivity index (χ4v) is 3.00. The van der Waals surface area contributed by atoms with Gasteiger partial charge in [0, 0.05) is 11.5 Å². The molecule has 2 heteroatoms. The third-order valence-corrected chi connectivity index (χ3v) is 4.55. The summed E-state index contributed by atoms with van der Waals surface area (Å²) in [5.74, 6) is 4.59. The SMILES string of the molecule is C=S(C)(=O)C1CCC(C)CC1. The van der Waals surface area contributed by atoms with Gasteiger partial charge in [-0.25, -0.2) is 0 Å². The quantitative estimate of drug-likeness (QED) is 0.555. The number of rotatable bonds is 1. The van der Waals surface area contributed by atoms with E-state index in [9.17, 15) is 4.21 Å². The first-order valence-electron chi connectivity index (χ1n) is 4.31. The van der Waals surface area contributed by atoms with Crippen LogP contribution in [0.5, 0.6) is 0 Å². The van der Waals surface area contributed by atoms with Gasteiger partial charge in [0.25, 0.3) is 0 Å². The molecule has 1 saturated carbocycles. The Hall–Kier alpha value is 0.0200. The maximum atomic E-state index is 11.5. The van der Waals surface area contributed by atoms with Crippen molar-refractivity contribution >= 4 is 15.4 Å². The van der Waals surface area contributed by atoms with Crippen molar-refractivity contribution in [1.29, 1.82) is 0 Å². The van der Waals surface area contributed by atoms with Crippen LogP contribution in [-0.4, -0.2) is 21.6 Å². The minimum absolute atomic E-state index is 0.402. The van der Waals surface area contributed by atoms with Crippen molar-refractivity contribution in [1.82, 2.24) is 0 Å². The maximum Gasteiger partial charge on any atom is 0.0269 e. The van der Waals surface area contributed by atoms with Crippen LogP contribution < -0.4 is 0 Å². The molecular formula is C9H18OS. The van der Waals surface area contributed by atoms with Crippen LogP contribution >= 0.6 is 0 Å². The van der Waals surface area contributed by atoms with Crippen molar-refractivity contribution in [3.63, 3.8) is 0 Å². The van der Waals surface area contributed by atoms with E-state index < -0.39 is 9.52 Å². The van der Waals surface area contributed by atoms with E-state index in [1.807, 2.05) is 0 Å². The molecule has 1 rings (SSSR count). The summed E-state index contributed by atoms with van der Waals surface area (Å²) in [5.41, 5.74) is 0. The van der Waals surface area contributed by atoms with Crippen LogP contribution in [0, 0.1) is 5.92 Å². The molecule has 0 heterocycles. The van der Waals surface area contributed by atoms with Crippen LogP contribution in [0.2, 0.25) is 0 Å². The molecule has 66 valence electrons. The Balaban J connectivity index is 2.53. The van der Waals surface area contributed by atoms with E-state index in [0.29, 0.717) is 5.25 Å². The van der Waals surface area contributed by atoms with E-state index in [2.05, 4.69) is 12.8 Å². The molecule has 0 aromatic carbocycles. The van der Waals surface area contributed by atoms with Gasteiger partial charge in [0.1, 0.15) is 0 Å². The Morgan fingerprint density at radius 2 is 1.73 bits per heavy atom. The van der Waals surface area contributed by atoms with Gasteiger partial charge in [-0.15, -0.1) is 0 Å². The normalized spacial score (nSPS) is 38.0. The molecule has 1 nitrogen and oxygen atoms in total. The summed E-state index contributed by atoms with van der Waals surface area (Å²) >= 11 is 0. The van der Waals surface area contributed by atoms with Crippen LogP contribution in [0.1, 0.15) is 32.6 Å².